The fraction of sp³-hybridized carbons (Fsp3) is 0.889. The van der Waals surface area contributed by atoms with Gasteiger partial charge in [-0.15, -0.1) is 0 Å². The van der Waals surface area contributed by atoms with Gasteiger partial charge in [0.1, 0.15) is 5.54 Å². The van der Waals surface area contributed by atoms with E-state index in [9.17, 15) is 4.79 Å². The first-order valence-corrected chi connectivity index (χ1v) is 4.61. The topological polar surface area (TPSA) is 61.6 Å². The van der Waals surface area contributed by atoms with E-state index in [4.69, 9.17) is 10.5 Å². The van der Waals surface area contributed by atoms with Gasteiger partial charge >= 0.3 is 5.97 Å². The molecule has 0 aliphatic carbocycles. The molecule has 1 aliphatic heterocycles. The molecule has 76 valence electrons. The van der Waals surface area contributed by atoms with Crippen molar-refractivity contribution in [3.05, 3.63) is 0 Å². The zero-order chi connectivity index (χ0) is 9.90. The molecule has 0 spiro atoms. The normalized spacial score (nSPS) is 34.2. The van der Waals surface area contributed by atoms with Crippen molar-refractivity contribution in [2.24, 2.45) is 5.73 Å². The molecule has 0 radical (unpaired) electrons. The van der Waals surface area contributed by atoms with E-state index in [1.165, 1.54) is 7.11 Å². The third-order valence-corrected chi connectivity index (χ3v) is 2.54. The Balaban J connectivity index is 2.62. The van der Waals surface area contributed by atoms with Gasteiger partial charge < -0.3 is 15.2 Å². The minimum atomic E-state index is -0.826. The number of carbonyl (C=O) groups excluding carboxylic acids is 1. The molecule has 0 bridgehead atoms. The molecule has 0 saturated carbocycles. The van der Waals surface area contributed by atoms with Crippen molar-refractivity contribution in [3.8, 4) is 0 Å². The summed E-state index contributed by atoms with van der Waals surface area (Å²) in [5, 5.41) is 0. The van der Waals surface area contributed by atoms with Crippen molar-refractivity contribution in [2.75, 3.05) is 13.7 Å². The number of ether oxygens (including phenoxy) is 2. The Labute approximate surface area is 78.4 Å². The summed E-state index contributed by atoms with van der Waals surface area (Å²) in [6.45, 7) is 2.57. The summed E-state index contributed by atoms with van der Waals surface area (Å²) >= 11 is 0. The van der Waals surface area contributed by atoms with Gasteiger partial charge in [-0.3, -0.25) is 4.79 Å². The predicted molar refractivity (Wildman–Crippen MR) is 48.2 cm³/mol. The van der Waals surface area contributed by atoms with E-state index in [0.717, 1.165) is 6.42 Å². The molecule has 0 amide bonds. The van der Waals surface area contributed by atoms with Crippen LogP contribution in [0.3, 0.4) is 0 Å². The van der Waals surface area contributed by atoms with Crippen LogP contribution in [0.1, 0.15) is 26.2 Å². The lowest BCUT2D eigenvalue weighted by Gasteiger charge is -2.35. The van der Waals surface area contributed by atoms with Crippen LogP contribution in [-0.2, 0) is 14.3 Å². The number of hydrogen-bond acceptors (Lipinski definition) is 4. The summed E-state index contributed by atoms with van der Waals surface area (Å²) in [5.74, 6) is -0.325. The molecule has 1 saturated heterocycles. The maximum atomic E-state index is 11.3. The highest BCUT2D eigenvalue weighted by Crippen LogP contribution is 2.25. The molecule has 1 aliphatic rings. The van der Waals surface area contributed by atoms with Crippen LogP contribution in [0.4, 0.5) is 0 Å². The third kappa shape index (κ3) is 2.19. The first-order chi connectivity index (χ1) is 6.12. The summed E-state index contributed by atoms with van der Waals surface area (Å²) < 4.78 is 10.1. The number of esters is 1. The summed E-state index contributed by atoms with van der Waals surface area (Å²) in [5.41, 5.74) is 5.10. The van der Waals surface area contributed by atoms with Crippen molar-refractivity contribution in [1.82, 2.24) is 0 Å². The van der Waals surface area contributed by atoms with Gasteiger partial charge in [0, 0.05) is 13.0 Å². The van der Waals surface area contributed by atoms with E-state index in [1.54, 1.807) is 0 Å². The van der Waals surface area contributed by atoms with Gasteiger partial charge in [0.25, 0.3) is 0 Å². The predicted octanol–water partition coefficient (Wildman–Crippen LogP) is 0.446. The summed E-state index contributed by atoms with van der Waals surface area (Å²) in [6.07, 6.45) is 2.10. The number of carbonyl (C=O) groups is 1. The van der Waals surface area contributed by atoms with Gasteiger partial charge in [-0.2, -0.15) is 0 Å². The Hall–Kier alpha value is -0.610. The van der Waals surface area contributed by atoms with Crippen LogP contribution in [0, 0.1) is 0 Å². The molecule has 2 unspecified atom stereocenters. The second kappa shape index (κ2) is 4.07. The van der Waals surface area contributed by atoms with E-state index in [1.807, 2.05) is 6.92 Å². The summed E-state index contributed by atoms with van der Waals surface area (Å²) in [4.78, 5) is 11.3. The van der Waals surface area contributed by atoms with E-state index in [-0.39, 0.29) is 12.1 Å². The van der Waals surface area contributed by atoms with Gasteiger partial charge in [0.2, 0.25) is 0 Å². The maximum absolute atomic E-state index is 11.3. The van der Waals surface area contributed by atoms with Crippen molar-refractivity contribution in [2.45, 2.75) is 37.8 Å². The quantitative estimate of drug-likeness (QED) is 0.637. The standard InChI is InChI=1S/C9H17NO3/c1-3-7-6-9(10,4-5-13-7)8(11)12-2/h7H,3-6,10H2,1-2H3. The van der Waals surface area contributed by atoms with Gasteiger partial charge in [-0.25, -0.2) is 0 Å². The molecule has 0 aromatic heterocycles. The summed E-state index contributed by atoms with van der Waals surface area (Å²) in [7, 11) is 1.37. The van der Waals surface area contributed by atoms with E-state index < -0.39 is 5.54 Å². The van der Waals surface area contributed by atoms with Crippen molar-refractivity contribution in [3.63, 3.8) is 0 Å². The Morgan fingerprint density at radius 3 is 3.00 bits per heavy atom. The lowest BCUT2D eigenvalue weighted by atomic mass is 9.87. The highest BCUT2D eigenvalue weighted by molar-refractivity contribution is 5.80. The van der Waals surface area contributed by atoms with Gasteiger partial charge in [0.15, 0.2) is 0 Å². The number of methoxy groups -OCH3 is 1. The Morgan fingerprint density at radius 1 is 1.77 bits per heavy atom. The Morgan fingerprint density at radius 2 is 2.46 bits per heavy atom. The molecule has 0 aromatic carbocycles. The minimum Gasteiger partial charge on any atom is -0.468 e. The number of hydrogen-bond donors (Lipinski definition) is 1. The smallest absolute Gasteiger partial charge is 0.326 e. The molecule has 0 aromatic rings. The van der Waals surface area contributed by atoms with Crippen molar-refractivity contribution in [1.29, 1.82) is 0 Å². The van der Waals surface area contributed by atoms with E-state index in [2.05, 4.69) is 4.74 Å². The average Bonchev–Trinajstić information content (AvgIpc) is 2.16. The van der Waals surface area contributed by atoms with Crippen LogP contribution >= 0.6 is 0 Å². The van der Waals surface area contributed by atoms with Gasteiger partial charge in [0.05, 0.1) is 13.2 Å². The first kappa shape index (κ1) is 10.5. The lowest BCUT2D eigenvalue weighted by Crippen LogP contribution is -2.54. The average molecular weight is 187 g/mol. The monoisotopic (exact) mass is 187 g/mol. The molecular formula is C9H17NO3. The molecule has 2 atom stereocenters. The van der Waals surface area contributed by atoms with Crippen LogP contribution in [0.2, 0.25) is 0 Å². The minimum absolute atomic E-state index is 0.0952. The molecule has 4 heteroatoms. The lowest BCUT2D eigenvalue weighted by molar-refractivity contribution is -0.153. The second-order valence-electron chi connectivity index (χ2n) is 3.50. The molecule has 1 fully saturated rings. The van der Waals surface area contributed by atoms with Crippen molar-refractivity contribution < 1.29 is 14.3 Å². The van der Waals surface area contributed by atoms with Crippen LogP contribution in [-0.4, -0.2) is 31.3 Å². The molecule has 13 heavy (non-hydrogen) atoms. The largest absolute Gasteiger partial charge is 0.468 e. The van der Waals surface area contributed by atoms with Crippen LogP contribution in [0.15, 0.2) is 0 Å². The molecule has 1 heterocycles. The molecule has 1 rings (SSSR count). The van der Waals surface area contributed by atoms with Crippen LogP contribution in [0.5, 0.6) is 0 Å². The number of nitrogens with two attached hydrogens (primary N) is 1. The third-order valence-electron chi connectivity index (χ3n) is 2.54. The molecule has 2 N–H and O–H groups in total. The number of rotatable bonds is 2. The van der Waals surface area contributed by atoms with Gasteiger partial charge in [-0.1, -0.05) is 6.92 Å². The second-order valence-corrected chi connectivity index (χ2v) is 3.50. The Bertz CT molecular complexity index is 195. The summed E-state index contributed by atoms with van der Waals surface area (Å²) in [6, 6.07) is 0. The molecule has 4 nitrogen and oxygen atoms in total. The van der Waals surface area contributed by atoms with E-state index >= 15 is 0 Å². The van der Waals surface area contributed by atoms with Gasteiger partial charge in [-0.05, 0) is 12.8 Å². The maximum Gasteiger partial charge on any atom is 0.326 e. The highest BCUT2D eigenvalue weighted by Gasteiger charge is 2.40. The van der Waals surface area contributed by atoms with Crippen molar-refractivity contribution >= 4 is 5.97 Å². The first-order valence-electron chi connectivity index (χ1n) is 4.61. The van der Waals surface area contributed by atoms with Crippen LogP contribution < -0.4 is 5.73 Å². The zero-order valence-electron chi connectivity index (χ0n) is 8.21. The fourth-order valence-corrected chi connectivity index (χ4v) is 1.63. The molecular weight excluding hydrogens is 170 g/mol. The SMILES string of the molecule is CCC1CC(N)(C(=O)OC)CCO1. The zero-order valence-corrected chi connectivity index (χ0v) is 8.21. The fourth-order valence-electron chi connectivity index (χ4n) is 1.63. The van der Waals surface area contributed by atoms with E-state index in [0.29, 0.717) is 19.4 Å². The Kier molecular flexibility index (Phi) is 3.27. The van der Waals surface area contributed by atoms with Crippen LogP contribution in [0.25, 0.3) is 0 Å². The highest BCUT2D eigenvalue weighted by atomic mass is 16.5.